The molecule has 16 heavy (non-hydrogen) atoms. The summed E-state index contributed by atoms with van der Waals surface area (Å²) in [7, 11) is 0. The van der Waals surface area contributed by atoms with Gasteiger partial charge in [0, 0.05) is 12.6 Å². The van der Waals surface area contributed by atoms with Gasteiger partial charge in [-0.2, -0.15) is 0 Å². The lowest BCUT2D eigenvalue weighted by atomic mass is 9.68. The van der Waals surface area contributed by atoms with Gasteiger partial charge in [0.2, 0.25) is 0 Å². The number of likely N-dealkylation sites (tertiary alicyclic amines) is 1. The average Bonchev–Trinajstić information content (AvgIpc) is 2.68. The van der Waals surface area contributed by atoms with E-state index in [2.05, 4.69) is 31.0 Å². The Balaban J connectivity index is 2.04. The lowest BCUT2D eigenvalue weighted by Gasteiger charge is -2.42. The molecular formula is C14H28N2. The second-order valence-electron chi connectivity index (χ2n) is 6.12. The first-order valence-electron chi connectivity index (χ1n) is 7.13. The Bertz CT molecular complexity index is 225. The average molecular weight is 224 g/mol. The summed E-state index contributed by atoms with van der Waals surface area (Å²) in [5.41, 5.74) is 0.658. The zero-order valence-electron chi connectivity index (χ0n) is 11.3. The van der Waals surface area contributed by atoms with Crippen molar-refractivity contribution in [1.29, 1.82) is 0 Å². The Morgan fingerprint density at radius 3 is 2.81 bits per heavy atom. The lowest BCUT2D eigenvalue weighted by Crippen LogP contribution is -2.47. The van der Waals surface area contributed by atoms with E-state index in [1.165, 1.54) is 51.9 Å². The minimum atomic E-state index is 0.658. The van der Waals surface area contributed by atoms with Crippen molar-refractivity contribution in [1.82, 2.24) is 10.2 Å². The maximum atomic E-state index is 3.60. The third-order valence-corrected chi connectivity index (χ3v) is 4.84. The highest BCUT2D eigenvalue weighted by Crippen LogP contribution is 2.44. The van der Waals surface area contributed by atoms with Crippen LogP contribution in [0.5, 0.6) is 0 Å². The molecule has 0 bridgehead atoms. The Hall–Kier alpha value is -0.0800. The van der Waals surface area contributed by atoms with E-state index in [-0.39, 0.29) is 0 Å². The van der Waals surface area contributed by atoms with Crippen LogP contribution in [0.4, 0.5) is 0 Å². The molecule has 1 spiro atoms. The van der Waals surface area contributed by atoms with Crippen LogP contribution >= 0.6 is 0 Å². The largest absolute Gasteiger partial charge is 0.316 e. The Morgan fingerprint density at radius 2 is 2.19 bits per heavy atom. The molecule has 0 aromatic rings. The quantitative estimate of drug-likeness (QED) is 0.792. The van der Waals surface area contributed by atoms with E-state index in [1.54, 1.807) is 0 Å². The molecule has 2 aliphatic heterocycles. The van der Waals surface area contributed by atoms with Crippen molar-refractivity contribution in [3.8, 4) is 0 Å². The first-order valence-corrected chi connectivity index (χ1v) is 7.13. The van der Waals surface area contributed by atoms with Crippen LogP contribution in [0.2, 0.25) is 0 Å². The van der Waals surface area contributed by atoms with Gasteiger partial charge in [0.15, 0.2) is 0 Å². The van der Waals surface area contributed by atoms with Gasteiger partial charge in [-0.25, -0.2) is 0 Å². The van der Waals surface area contributed by atoms with Crippen molar-refractivity contribution in [2.45, 2.75) is 52.5 Å². The molecular weight excluding hydrogens is 196 g/mol. The van der Waals surface area contributed by atoms with Gasteiger partial charge >= 0.3 is 0 Å². The number of rotatable bonds is 3. The van der Waals surface area contributed by atoms with E-state index in [0.29, 0.717) is 5.41 Å². The third-order valence-electron chi connectivity index (χ3n) is 4.84. The molecule has 2 aliphatic rings. The van der Waals surface area contributed by atoms with Crippen LogP contribution in [-0.4, -0.2) is 37.1 Å². The normalized spacial score (nSPS) is 36.4. The van der Waals surface area contributed by atoms with Crippen molar-refractivity contribution in [2.75, 3.05) is 26.2 Å². The second-order valence-corrected chi connectivity index (χ2v) is 6.12. The van der Waals surface area contributed by atoms with E-state index in [9.17, 15) is 0 Å². The fourth-order valence-electron chi connectivity index (χ4n) is 3.70. The van der Waals surface area contributed by atoms with Crippen LogP contribution in [-0.2, 0) is 0 Å². The van der Waals surface area contributed by atoms with Crippen LogP contribution in [0.25, 0.3) is 0 Å². The van der Waals surface area contributed by atoms with Gasteiger partial charge in [-0.3, -0.25) is 0 Å². The molecule has 2 unspecified atom stereocenters. The molecule has 2 heterocycles. The van der Waals surface area contributed by atoms with Gasteiger partial charge in [-0.1, -0.05) is 13.3 Å². The standard InChI is InChI=1S/C14H28N2/c1-4-5-13-10-15-8-6-14(13)7-9-16(11-14)12(2)3/h12-13,15H,4-11H2,1-3H3. The van der Waals surface area contributed by atoms with E-state index in [4.69, 9.17) is 0 Å². The predicted octanol–water partition coefficient (Wildman–Crippen LogP) is 2.50. The summed E-state index contributed by atoms with van der Waals surface area (Å²) in [6.07, 6.45) is 5.60. The van der Waals surface area contributed by atoms with Crippen molar-refractivity contribution in [2.24, 2.45) is 11.3 Å². The van der Waals surface area contributed by atoms with Gasteiger partial charge in [0.05, 0.1) is 0 Å². The van der Waals surface area contributed by atoms with Gasteiger partial charge in [-0.05, 0) is 64.1 Å². The van der Waals surface area contributed by atoms with Gasteiger partial charge in [0.1, 0.15) is 0 Å². The highest BCUT2D eigenvalue weighted by Gasteiger charge is 2.45. The number of piperidine rings is 1. The number of nitrogens with one attached hydrogen (secondary N) is 1. The zero-order valence-corrected chi connectivity index (χ0v) is 11.3. The van der Waals surface area contributed by atoms with E-state index < -0.39 is 0 Å². The van der Waals surface area contributed by atoms with Crippen LogP contribution in [0.15, 0.2) is 0 Å². The fraction of sp³-hybridized carbons (Fsp3) is 1.00. The third kappa shape index (κ3) is 2.28. The molecule has 2 fully saturated rings. The molecule has 94 valence electrons. The monoisotopic (exact) mass is 224 g/mol. The molecule has 2 nitrogen and oxygen atoms in total. The van der Waals surface area contributed by atoms with Gasteiger partial charge in [-0.15, -0.1) is 0 Å². The molecule has 0 aromatic heterocycles. The first-order chi connectivity index (χ1) is 7.68. The molecule has 1 N–H and O–H groups in total. The summed E-state index contributed by atoms with van der Waals surface area (Å²) < 4.78 is 0. The minimum Gasteiger partial charge on any atom is -0.316 e. The zero-order chi connectivity index (χ0) is 11.6. The maximum Gasteiger partial charge on any atom is 0.00448 e. The first kappa shape index (κ1) is 12.4. The second kappa shape index (κ2) is 5.05. The molecule has 0 aliphatic carbocycles. The molecule has 2 atom stereocenters. The molecule has 0 aromatic carbocycles. The topological polar surface area (TPSA) is 15.3 Å². The van der Waals surface area contributed by atoms with Crippen molar-refractivity contribution < 1.29 is 0 Å². The van der Waals surface area contributed by atoms with Crippen molar-refractivity contribution >= 4 is 0 Å². The smallest absolute Gasteiger partial charge is 0.00448 e. The molecule has 0 radical (unpaired) electrons. The minimum absolute atomic E-state index is 0.658. The van der Waals surface area contributed by atoms with Crippen LogP contribution in [0, 0.1) is 11.3 Å². The van der Waals surface area contributed by atoms with Crippen LogP contribution in [0.1, 0.15) is 46.5 Å². The summed E-state index contributed by atoms with van der Waals surface area (Å²) >= 11 is 0. The molecule has 2 heteroatoms. The summed E-state index contributed by atoms with van der Waals surface area (Å²) in [5, 5.41) is 3.60. The number of hydrogen-bond donors (Lipinski definition) is 1. The molecule has 0 saturated carbocycles. The lowest BCUT2D eigenvalue weighted by molar-refractivity contribution is 0.0991. The van der Waals surface area contributed by atoms with Crippen molar-refractivity contribution in [3.05, 3.63) is 0 Å². The summed E-state index contributed by atoms with van der Waals surface area (Å²) in [4.78, 5) is 2.69. The fourth-order valence-corrected chi connectivity index (χ4v) is 3.70. The Morgan fingerprint density at radius 1 is 1.38 bits per heavy atom. The number of nitrogens with zero attached hydrogens (tertiary/aromatic N) is 1. The molecule has 2 rings (SSSR count). The summed E-state index contributed by atoms with van der Waals surface area (Å²) in [6, 6.07) is 0.733. The number of hydrogen-bond acceptors (Lipinski definition) is 2. The van der Waals surface area contributed by atoms with Crippen molar-refractivity contribution in [3.63, 3.8) is 0 Å². The van der Waals surface area contributed by atoms with E-state index in [0.717, 1.165) is 12.0 Å². The summed E-state index contributed by atoms with van der Waals surface area (Å²) in [5.74, 6) is 0.926. The maximum absolute atomic E-state index is 3.60. The SMILES string of the molecule is CCCC1CNCCC12CCN(C(C)C)C2. The van der Waals surface area contributed by atoms with E-state index >= 15 is 0 Å². The highest BCUT2D eigenvalue weighted by molar-refractivity contribution is 4.98. The van der Waals surface area contributed by atoms with Crippen LogP contribution < -0.4 is 5.32 Å². The van der Waals surface area contributed by atoms with E-state index in [1.807, 2.05) is 0 Å². The van der Waals surface area contributed by atoms with Gasteiger partial charge in [0.25, 0.3) is 0 Å². The predicted molar refractivity (Wildman–Crippen MR) is 69.6 cm³/mol. The molecule has 0 amide bonds. The van der Waals surface area contributed by atoms with Gasteiger partial charge < -0.3 is 10.2 Å². The van der Waals surface area contributed by atoms with Crippen LogP contribution in [0.3, 0.4) is 0 Å². The Labute approximate surface area is 101 Å². The molecule has 2 saturated heterocycles. The Kier molecular flexibility index (Phi) is 3.91. The highest BCUT2D eigenvalue weighted by atomic mass is 15.2. The summed E-state index contributed by atoms with van der Waals surface area (Å²) in [6.45, 7) is 12.2.